The molecule has 0 heterocycles. The summed E-state index contributed by atoms with van der Waals surface area (Å²) in [4.78, 5) is 10.2. The van der Waals surface area contributed by atoms with Gasteiger partial charge in [-0.1, -0.05) is 21.7 Å². The highest BCUT2D eigenvalue weighted by atomic mass is 79.9. The molecular weight excluding hydrogens is 354 g/mol. The number of hydrazone groups is 1. The fraction of sp³-hybridized carbons (Fsp3) is 0.0714. The lowest BCUT2D eigenvalue weighted by atomic mass is 10.2. The van der Waals surface area contributed by atoms with Crippen molar-refractivity contribution in [3.8, 4) is 11.5 Å². The second kappa shape index (κ2) is 6.90. The van der Waals surface area contributed by atoms with Gasteiger partial charge in [0.2, 0.25) is 0 Å². The molecule has 0 saturated carbocycles. The van der Waals surface area contributed by atoms with E-state index in [0.717, 1.165) is 16.6 Å². The Bertz CT molecular complexity index is 717. The van der Waals surface area contributed by atoms with Crippen LogP contribution in [0.2, 0.25) is 0 Å². The lowest BCUT2D eigenvalue weighted by Gasteiger charge is -2.14. The quantitative estimate of drug-likeness (QED) is 0.499. The van der Waals surface area contributed by atoms with Gasteiger partial charge >= 0.3 is 0 Å². The number of methoxy groups -OCH3 is 1. The van der Waals surface area contributed by atoms with E-state index in [4.69, 9.17) is 4.74 Å². The number of hydrogen-bond acceptors (Lipinski definition) is 6. The van der Waals surface area contributed by atoms with Crippen molar-refractivity contribution in [3.05, 3.63) is 56.5 Å². The van der Waals surface area contributed by atoms with Crippen molar-refractivity contribution >= 4 is 33.5 Å². The molecule has 2 aromatic rings. The Morgan fingerprint density at radius 1 is 1.32 bits per heavy atom. The minimum Gasteiger partial charge on any atom is -0.870 e. The summed E-state index contributed by atoms with van der Waals surface area (Å²) in [5, 5.41) is 26.7. The van der Waals surface area contributed by atoms with Gasteiger partial charge in [0.25, 0.3) is 5.69 Å². The van der Waals surface area contributed by atoms with E-state index in [9.17, 15) is 15.2 Å². The van der Waals surface area contributed by atoms with Crippen LogP contribution < -0.4 is 15.3 Å². The monoisotopic (exact) mass is 364 g/mol. The molecule has 2 aromatic carbocycles. The molecule has 1 N–H and O–H groups in total. The van der Waals surface area contributed by atoms with Crippen LogP contribution in [0.15, 0.2) is 46.0 Å². The maximum absolute atomic E-state index is 12.0. The van der Waals surface area contributed by atoms with Crippen molar-refractivity contribution in [1.82, 2.24) is 0 Å². The van der Waals surface area contributed by atoms with E-state index in [0.29, 0.717) is 5.69 Å². The first kappa shape index (κ1) is 15.8. The van der Waals surface area contributed by atoms with Gasteiger partial charge in [-0.15, -0.1) is 0 Å². The Morgan fingerprint density at radius 3 is 2.59 bits per heavy atom. The van der Waals surface area contributed by atoms with E-state index in [1.165, 1.54) is 13.3 Å². The molecule has 0 unspecified atom stereocenters. The van der Waals surface area contributed by atoms with Crippen molar-refractivity contribution in [2.45, 2.75) is 0 Å². The summed E-state index contributed by atoms with van der Waals surface area (Å²) < 4.78 is 5.77. The SMILES string of the molecule is COc1cc([N+](=O)[O-])cc(/C=N\Nc2ccc(Br)cc2)c1[O-]. The molecule has 0 aliphatic carbocycles. The van der Waals surface area contributed by atoms with Crippen LogP contribution in [0.3, 0.4) is 0 Å². The number of anilines is 1. The maximum atomic E-state index is 12.0. The number of halogens is 1. The minimum atomic E-state index is -0.596. The molecule has 0 amide bonds. The summed E-state index contributed by atoms with van der Waals surface area (Å²) >= 11 is 3.31. The normalized spacial score (nSPS) is 10.6. The third-order valence-corrected chi connectivity index (χ3v) is 3.27. The third kappa shape index (κ3) is 3.73. The molecule has 0 spiro atoms. The molecule has 2 rings (SSSR count). The molecule has 0 fully saturated rings. The zero-order valence-electron chi connectivity index (χ0n) is 11.4. The number of benzene rings is 2. The number of nitro benzene ring substituents is 1. The molecule has 0 radical (unpaired) electrons. The van der Waals surface area contributed by atoms with Gasteiger partial charge in [0.1, 0.15) is 5.75 Å². The van der Waals surface area contributed by atoms with E-state index in [1.807, 2.05) is 12.1 Å². The van der Waals surface area contributed by atoms with E-state index < -0.39 is 10.7 Å². The average molecular weight is 365 g/mol. The van der Waals surface area contributed by atoms with Gasteiger partial charge in [-0.3, -0.25) is 15.5 Å². The van der Waals surface area contributed by atoms with Gasteiger partial charge in [0.15, 0.2) is 0 Å². The lowest BCUT2D eigenvalue weighted by molar-refractivity contribution is -0.385. The van der Waals surface area contributed by atoms with Gasteiger partial charge in [-0.2, -0.15) is 5.10 Å². The largest absolute Gasteiger partial charge is 0.870 e. The molecule has 7 nitrogen and oxygen atoms in total. The summed E-state index contributed by atoms with van der Waals surface area (Å²) in [6.07, 6.45) is 1.22. The van der Waals surface area contributed by atoms with Crippen LogP contribution in [0.5, 0.6) is 11.5 Å². The number of nitrogens with zero attached hydrogens (tertiary/aromatic N) is 2. The van der Waals surface area contributed by atoms with E-state index >= 15 is 0 Å². The summed E-state index contributed by atoms with van der Waals surface area (Å²) in [6.45, 7) is 0. The van der Waals surface area contributed by atoms with Gasteiger partial charge in [-0.05, 0) is 29.8 Å². The van der Waals surface area contributed by atoms with Crippen molar-refractivity contribution in [1.29, 1.82) is 0 Å². The number of nitrogens with one attached hydrogen (secondary N) is 1. The van der Waals surface area contributed by atoms with Crippen LogP contribution >= 0.6 is 15.9 Å². The first-order valence-corrected chi connectivity index (χ1v) is 6.88. The molecular formula is C14H11BrN3O4-. The molecule has 8 heteroatoms. The highest BCUT2D eigenvalue weighted by molar-refractivity contribution is 9.10. The highest BCUT2D eigenvalue weighted by Crippen LogP contribution is 2.31. The summed E-state index contributed by atoms with van der Waals surface area (Å²) in [5.74, 6) is -0.561. The van der Waals surface area contributed by atoms with Crippen LogP contribution in [-0.4, -0.2) is 18.2 Å². The van der Waals surface area contributed by atoms with E-state index in [-0.39, 0.29) is 17.0 Å². The van der Waals surface area contributed by atoms with Crippen molar-refractivity contribution in [2.75, 3.05) is 12.5 Å². The zero-order valence-corrected chi connectivity index (χ0v) is 13.0. The number of rotatable bonds is 5. The molecule has 0 aliphatic heterocycles. The van der Waals surface area contributed by atoms with Gasteiger partial charge in [0.05, 0.1) is 30.0 Å². The topological polar surface area (TPSA) is 99.8 Å². The summed E-state index contributed by atoms with van der Waals surface area (Å²) in [5.41, 5.74) is 3.28. The van der Waals surface area contributed by atoms with Crippen LogP contribution in [0.25, 0.3) is 0 Å². The second-order valence-corrected chi connectivity index (χ2v) is 5.12. The van der Waals surface area contributed by atoms with Gasteiger partial charge < -0.3 is 9.84 Å². The standard InChI is InChI=1S/C14H12BrN3O4/c1-22-13-7-12(18(20)21)6-9(14(13)19)8-16-17-11-4-2-10(15)3-5-11/h2-8,17,19H,1H3/p-1/b16-8-. The predicted octanol–water partition coefficient (Wildman–Crippen LogP) is 2.89. The minimum absolute atomic E-state index is 0.0654. The molecule has 0 atom stereocenters. The zero-order chi connectivity index (χ0) is 16.1. The number of hydrogen-bond donors (Lipinski definition) is 1. The first-order valence-electron chi connectivity index (χ1n) is 6.09. The summed E-state index contributed by atoms with van der Waals surface area (Å²) in [7, 11) is 1.28. The van der Waals surface area contributed by atoms with Crippen molar-refractivity contribution in [2.24, 2.45) is 5.10 Å². The Morgan fingerprint density at radius 2 is 2.00 bits per heavy atom. The Kier molecular flexibility index (Phi) is 4.95. The molecule has 0 bridgehead atoms. The molecule has 0 saturated heterocycles. The van der Waals surface area contributed by atoms with Crippen LogP contribution in [0, 0.1) is 10.1 Å². The fourth-order valence-electron chi connectivity index (χ4n) is 1.66. The molecule has 22 heavy (non-hydrogen) atoms. The molecule has 0 aliphatic rings. The van der Waals surface area contributed by atoms with Crippen molar-refractivity contribution in [3.63, 3.8) is 0 Å². The Hall–Kier alpha value is -2.61. The van der Waals surface area contributed by atoms with Crippen LogP contribution in [0.1, 0.15) is 5.56 Å². The van der Waals surface area contributed by atoms with E-state index in [2.05, 4.69) is 26.5 Å². The van der Waals surface area contributed by atoms with Crippen LogP contribution in [-0.2, 0) is 0 Å². The number of non-ortho nitro benzene ring substituents is 1. The fourth-order valence-corrected chi connectivity index (χ4v) is 1.93. The lowest BCUT2D eigenvalue weighted by Crippen LogP contribution is -2.02. The van der Waals surface area contributed by atoms with Gasteiger partial charge in [-0.25, -0.2) is 0 Å². The summed E-state index contributed by atoms with van der Waals surface area (Å²) in [6, 6.07) is 9.46. The maximum Gasteiger partial charge on any atom is 0.273 e. The van der Waals surface area contributed by atoms with Gasteiger partial charge in [0, 0.05) is 10.5 Å². The van der Waals surface area contributed by atoms with Crippen molar-refractivity contribution < 1.29 is 14.8 Å². The first-order chi connectivity index (χ1) is 10.5. The highest BCUT2D eigenvalue weighted by Gasteiger charge is 2.11. The Labute approximate surface area is 134 Å². The Balaban J connectivity index is 2.24. The third-order valence-electron chi connectivity index (χ3n) is 2.74. The number of nitro groups is 1. The van der Waals surface area contributed by atoms with Crippen LogP contribution in [0.4, 0.5) is 11.4 Å². The molecule has 114 valence electrons. The predicted molar refractivity (Wildman–Crippen MR) is 84.5 cm³/mol. The number of ether oxygens (including phenoxy) is 1. The smallest absolute Gasteiger partial charge is 0.273 e. The molecule has 0 aromatic heterocycles. The average Bonchev–Trinajstić information content (AvgIpc) is 2.50. The second-order valence-electron chi connectivity index (χ2n) is 4.20. The van der Waals surface area contributed by atoms with E-state index in [1.54, 1.807) is 12.1 Å².